The highest BCUT2D eigenvalue weighted by Gasteiger charge is 2.45. The maximum absolute atomic E-state index is 15.1. The molecule has 1 aliphatic heterocycles. The number of halogens is 4. The molecule has 3 nitrogen and oxygen atoms in total. The minimum Gasteiger partial charge on any atom is -0.432 e. The first-order valence-corrected chi connectivity index (χ1v) is 14.0. The molecule has 2 saturated carbocycles. The minimum absolute atomic E-state index is 0.0752. The lowest BCUT2D eigenvalue weighted by Gasteiger charge is -2.41. The topological polar surface area (TPSA) is 27.7 Å². The standard InChI is InChI=1S/C30H36ClF3O3/c1-19-17-35-29(36-18-19)23-4-2-20(3-5-23)21-6-10-24(11-7-21)30(33,34)37-26-14-15-27(28(32)16-26)22-8-12-25(31)13-9-22/h8-9,12-16,19-21,23-24,29H,2-7,10-11,17-18H2,1H3. The van der Waals surface area contributed by atoms with Gasteiger partial charge in [0.25, 0.3) is 0 Å². The highest BCUT2D eigenvalue weighted by atomic mass is 35.5. The molecule has 37 heavy (non-hydrogen) atoms. The van der Waals surface area contributed by atoms with Gasteiger partial charge < -0.3 is 14.2 Å². The molecular formula is C30H36ClF3O3. The Kier molecular flexibility index (Phi) is 8.37. The van der Waals surface area contributed by atoms with Gasteiger partial charge in [-0.2, -0.15) is 8.78 Å². The Labute approximate surface area is 222 Å². The fourth-order valence-electron chi connectivity index (χ4n) is 6.37. The summed E-state index contributed by atoms with van der Waals surface area (Å²) in [6, 6.07) is 10.6. The van der Waals surface area contributed by atoms with Gasteiger partial charge in [0, 0.05) is 28.5 Å². The van der Waals surface area contributed by atoms with Crippen molar-refractivity contribution in [2.75, 3.05) is 13.2 Å². The van der Waals surface area contributed by atoms with Crippen LogP contribution in [0.2, 0.25) is 5.02 Å². The summed E-state index contributed by atoms with van der Waals surface area (Å²) in [7, 11) is 0. The van der Waals surface area contributed by atoms with Crippen LogP contribution in [0.25, 0.3) is 11.1 Å². The van der Waals surface area contributed by atoms with E-state index in [0.29, 0.717) is 52.7 Å². The Morgan fingerprint density at radius 1 is 0.811 bits per heavy atom. The highest BCUT2D eigenvalue weighted by Crippen LogP contribution is 2.46. The number of rotatable bonds is 6. The molecule has 1 heterocycles. The van der Waals surface area contributed by atoms with Crippen molar-refractivity contribution in [2.45, 2.75) is 70.7 Å². The number of ether oxygens (including phenoxy) is 3. The average Bonchev–Trinajstić information content (AvgIpc) is 2.90. The molecule has 0 aromatic heterocycles. The second kappa shape index (κ2) is 11.5. The minimum atomic E-state index is -3.33. The van der Waals surface area contributed by atoms with Gasteiger partial charge in [0.05, 0.1) is 19.1 Å². The van der Waals surface area contributed by atoms with Crippen LogP contribution in [0.3, 0.4) is 0 Å². The molecule has 0 bridgehead atoms. The number of hydrogen-bond donors (Lipinski definition) is 0. The summed E-state index contributed by atoms with van der Waals surface area (Å²) < 4.78 is 61.7. The van der Waals surface area contributed by atoms with Crippen molar-refractivity contribution in [3.63, 3.8) is 0 Å². The summed E-state index contributed by atoms with van der Waals surface area (Å²) in [5.41, 5.74) is 0.944. The molecule has 2 aromatic rings. The molecule has 0 spiro atoms. The van der Waals surface area contributed by atoms with E-state index in [1.807, 2.05) is 0 Å². The Morgan fingerprint density at radius 2 is 1.38 bits per heavy atom. The van der Waals surface area contributed by atoms with E-state index in [0.717, 1.165) is 57.8 Å². The molecule has 0 amide bonds. The molecule has 2 aliphatic carbocycles. The van der Waals surface area contributed by atoms with Crippen LogP contribution in [0.15, 0.2) is 42.5 Å². The van der Waals surface area contributed by atoms with Crippen LogP contribution >= 0.6 is 11.6 Å². The van der Waals surface area contributed by atoms with E-state index in [1.54, 1.807) is 24.3 Å². The van der Waals surface area contributed by atoms with E-state index < -0.39 is 17.8 Å². The lowest BCUT2D eigenvalue weighted by molar-refractivity contribution is -0.229. The molecule has 0 N–H and O–H groups in total. The third-order valence-electron chi connectivity index (χ3n) is 8.55. The van der Waals surface area contributed by atoms with E-state index in [4.69, 9.17) is 25.8 Å². The molecular weight excluding hydrogens is 501 g/mol. The van der Waals surface area contributed by atoms with Crippen LogP contribution in [0.5, 0.6) is 5.75 Å². The largest absolute Gasteiger partial charge is 0.432 e. The summed E-state index contributed by atoms with van der Waals surface area (Å²) in [4.78, 5) is 0. The van der Waals surface area contributed by atoms with E-state index in [2.05, 4.69) is 6.92 Å². The molecule has 3 aliphatic rings. The Hall–Kier alpha value is -1.76. The average molecular weight is 537 g/mol. The zero-order chi connectivity index (χ0) is 26.0. The molecule has 2 aromatic carbocycles. The van der Waals surface area contributed by atoms with Crippen LogP contribution < -0.4 is 4.74 Å². The second-order valence-electron chi connectivity index (χ2n) is 11.2. The molecule has 1 saturated heterocycles. The van der Waals surface area contributed by atoms with Crippen LogP contribution in [0.1, 0.15) is 58.3 Å². The molecule has 0 radical (unpaired) electrons. The first-order valence-electron chi connectivity index (χ1n) is 13.6. The third-order valence-corrected chi connectivity index (χ3v) is 8.81. The lowest BCUT2D eigenvalue weighted by atomic mass is 9.69. The number of hydrogen-bond acceptors (Lipinski definition) is 3. The summed E-state index contributed by atoms with van der Waals surface area (Å²) in [5, 5.41) is 0.546. The maximum atomic E-state index is 15.1. The molecule has 0 atom stereocenters. The SMILES string of the molecule is CC1COC(C2CCC(C3CCC(C(F)(F)Oc4ccc(-c5ccc(Cl)cc5)c(F)c4)CC3)CC2)OC1. The van der Waals surface area contributed by atoms with Gasteiger partial charge in [-0.05, 0) is 93.0 Å². The van der Waals surface area contributed by atoms with Crippen molar-refractivity contribution in [3.05, 3.63) is 53.3 Å². The summed E-state index contributed by atoms with van der Waals surface area (Å²) >= 11 is 5.90. The monoisotopic (exact) mass is 536 g/mol. The van der Waals surface area contributed by atoms with Crippen LogP contribution in [0, 0.1) is 35.4 Å². The highest BCUT2D eigenvalue weighted by molar-refractivity contribution is 6.30. The predicted molar refractivity (Wildman–Crippen MR) is 138 cm³/mol. The number of benzene rings is 2. The predicted octanol–water partition coefficient (Wildman–Crippen LogP) is 8.74. The van der Waals surface area contributed by atoms with Gasteiger partial charge >= 0.3 is 6.11 Å². The van der Waals surface area contributed by atoms with Crippen LogP contribution in [-0.4, -0.2) is 25.6 Å². The van der Waals surface area contributed by atoms with Crippen molar-refractivity contribution < 1.29 is 27.4 Å². The zero-order valence-corrected chi connectivity index (χ0v) is 22.1. The maximum Gasteiger partial charge on any atom is 0.400 e. The van der Waals surface area contributed by atoms with Gasteiger partial charge in [-0.3, -0.25) is 0 Å². The van der Waals surface area contributed by atoms with Gasteiger partial charge in [-0.15, -0.1) is 0 Å². The van der Waals surface area contributed by atoms with E-state index in [-0.39, 0.29) is 12.0 Å². The second-order valence-corrected chi connectivity index (χ2v) is 11.7. The van der Waals surface area contributed by atoms with Crippen molar-refractivity contribution in [3.8, 4) is 16.9 Å². The molecule has 0 unspecified atom stereocenters. The fraction of sp³-hybridized carbons (Fsp3) is 0.600. The Bertz CT molecular complexity index is 1020. The van der Waals surface area contributed by atoms with E-state index in [1.165, 1.54) is 12.1 Å². The van der Waals surface area contributed by atoms with Gasteiger partial charge in [-0.1, -0.05) is 30.7 Å². The summed E-state index contributed by atoms with van der Waals surface area (Å²) in [6.07, 6.45) is 3.42. The van der Waals surface area contributed by atoms with Crippen molar-refractivity contribution >= 4 is 11.6 Å². The molecule has 7 heteroatoms. The smallest absolute Gasteiger partial charge is 0.400 e. The van der Waals surface area contributed by atoms with Gasteiger partial charge in [-0.25, -0.2) is 4.39 Å². The molecule has 3 fully saturated rings. The molecule has 5 rings (SSSR count). The Balaban J connectivity index is 1.11. The van der Waals surface area contributed by atoms with Crippen molar-refractivity contribution in [1.29, 1.82) is 0 Å². The quantitative estimate of drug-likeness (QED) is 0.369. The van der Waals surface area contributed by atoms with Crippen molar-refractivity contribution in [2.24, 2.45) is 29.6 Å². The zero-order valence-electron chi connectivity index (χ0n) is 21.3. The van der Waals surface area contributed by atoms with Gasteiger partial charge in [0.15, 0.2) is 6.29 Å². The first kappa shape index (κ1) is 26.8. The fourth-order valence-corrected chi connectivity index (χ4v) is 6.49. The summed E-state index contributed by atoms with van der Waals surface area (Å²) in [5.74, 6) is 0.365. The molecule has 202 valence electrons. The Morgan fingerprint density at radius 3 is 1.97 bits per heavy atom. The van der Waals surface area contributed by atoms with Crippen molar-refractivity contribution in [1.82, 2.24) is 0 Å². The van der Waals surface area contributed by atoms with Crippen LogP contribution in [-0.2, 0) is 9.47 Å². The number of alkyl halides is 2. The van der Waals surface area contributed by atoms with Crippen LogP contribution in [0.4, 0.5) is 13.2 Å². The van der Waals surface area contributed by atoms with E-state index >= 15 is 8.78 Å². The van der Waals surface area contributed by atoms with Gasteiger partial charge in [0.1, 0.15) is 11.6 Å². The van der Waals surface area contributed by atoms with E-state index in [9.17, 15) is 4.39 Å². The normalized spacial score (nSPS) is 31.2. The lowest BCUT2D eigenvalue weighted by Crippen LogP contribution is -2.40. The summed E-state index contributed by atoms with van der Waals surface area (Å²) in [6.45, 7) is 3.67. The first-order chi connectivity index (χ1) is 17.8. The third kappa shape index (κ3) is 6.46. The van der Waals surface area contributed by atoms with Gasteiger partial charge in [0.2, 0.25) is 0 Å².